The molecule has 1 fully saturated rings. The van der Waals surface area contributed by atoms with Crippen LogP contribution in [0.5, 0.6) is 5.75 Å². The van der Waals surface area contributed by atoms with Gasteiger partial charge in [-0.2, -0.15) is 0 Å². The van der Waals surface area contributed by atoms with Gasteiger partial charge in [0.05, 0.1) is 17.9 Å². The average Bonchev–Trinajstić information content (AvgIpc) is 3.52. The van der Waals surface area contributed by atoms with Crippen molar-refractivity contribution < 1.29 is 23.8 Å². The summed E-state index contributed by atoms with van der Waals surface area (Å²) < 4.78 is 11.6. The number of aliphatic hydroxyl groups excluding tert-OH is 1. The van der Waals surface area contributed by atoms with Crippen LogP contribution in [0.15, 0.2) is 40.9 Å². The van der Waals surface area contributed by atoms with Crippen LogP contribution >= 0.6 is 0 Å². The average molecular weight is 409 g/mol. The van der Waals surface area contributed by atoms with Crippen LogP contribution in [-0.2, 0) is 11.4 Å². The van der Waals surface area contributed by atoms with E-state index in [1.807, 2.05) is 6.07 Å². The number of nitrogens with one attached hydrogen (secondary N) is 1. The Morgan fingerprint density at radius 1 is 1.37 bits per heavy atom. The van der Waals surface area contributed by atoms with Gasteiger partial charge in [-0.3, -0.25) is 14.6 Å². The molecule has 0 saturated heterocycles. The SMILES string of the molecule is Cc1oc2ccc(OCc3ncccc3C3CC3)cc2c1C(=O)NC(CO)C(N)=O. The molecule has 30 heavy (non-hydrogen) atoms. The number of pyridine rings is 1. The van der Waals surface area contributed by atoms with Crippen LogP contribution in [0.3, 0.4) is 0 Å². The van der Waals surface area contributed by atoms with Crippen molar-refractivity contribution in [1.29, 1.82) is 0 Å². The summed E-state index contributed by atoms with van der Waals surface area (Å²) in [7, 11) is 0. The number of ether oxygens (including phenoxy) is 1. The van der Waals surface area contributed by atoms with Crippen LogP contribution in [0.2, 0.25) is 0 Å². The fourth-order valence-electron chi connectivity index (χ4n) is 3.50. The molecule has 0 bridgehead atoms. The molecule has 1 unspecified atom stereocenters. The second-order valence-corrected chi connectivity index (χ2v) is 7.40. The van der Waals surface area contributed by atoms with Crippen molar-refractivity contribution in [3.63, 3.8) is 0 Å². The summed E-state index contributed by atoms with van der Waals surface area (Å²) in [6.45, 7) is 1.39. The number of nitrogens with zero attached hydrogens (tertiary/aromatic N) is 1. The van der Waals surface area contributed by atoms with E-state index in [4.69, 9.17) is 14.9 Å². The van der Waals surface area contributed by atoms with Crippen molar-refractivity contribution in [3.8, 4) is 5.75 Å². The lowest BCUT2D eigenvalue weighted by molar-refractivity contribution is -0.120. The number of primary amides is 1. The van der Waals surface area contributed by atoms with Gasteiger partial charge in [0.25, 0.3) is 5.91 Å². The number of benzene rings is 1. The van der Waals surface area contributed by atoms with Crippen LogP contribution < -0.4 is 15.8 Å². The van der Waals surface area contributed by atoms with Crippen molar-refractivity contribution in [3.05, 3.63) is 59.1 Å². The van der Waals surface area contributed by atoms with Crippen LogP contribution in [-0.4, -0.2) is 34.6 Å². The van der Waals surface area contributed by atoms with Gasteiger partial charge in [-0.15, -0.1) is 0 Å². The number of rotatable bonds is 8. The second-order valence-electron chi connectivity index (χ2n) is 7.40. The maximum atomic E-state index is 12.7. The Hall–Kier alpha value is -3.39. The first-order valence-corrected chi connectivity index (χ1v) is 9.78. The number of amides is 2. The van der Waals surface area contributed by atoms with Gasteiger partial charge < -0.3 is 25.3 Å². The number of hydrogen-bond donors (Lipinski definition) is 3. The van der Waals surface area contributed by atoms with Gasteiger partial charge in [-0.25, -0.2) is 0 Å². The summed E-state index contributed by atoms with van der Waals surface area (Å²) in [6.07, 6.45) is 4.11. The molecule has 8 heteroatoms. The van der Waals surface area contributed by atoms with Crippen molar-refractivity contribution in [2.24, 2.45) is 5.73 Å². The molecular weight excluding hydrogens is 386 g/mol. The fourth-order valence-corrected chi connectivity index (χ4v) is 3.50. The monoisotopic (exact) mass is 409 g/mol. The van der Waals surface area contributed by atoms with Gasteiger partial charge in [0.15, 0.2) is 0 Å². The third-order valence-electron chi connectivity index (χ3n) is 5.21. The molecule has 4 rings (SSSR count). The zero-order valence-corrected chi connectivity index (χ0v) is 16.6. The molecule has 1 saturated carbocycles. The van der Waals surface area contributed by atoms with Gasteiger partial charge >= 0.3 is 0 Å². The minimum Gasteiger partial charge on any atom is -0.487 e. The molecule has 0 spiro atoms. The number of aromatic nitrogens is 1. The zero-order chi connectivity index (χ0) is 21.3. The molecule has 1 atom stereocenters. The van der Waals surface area contributed by atoms with Crippen molar-refractivity contribution in [2.75, 3.05) is 6.61 Å². The van der Waals surface area contributed by atoms with Gasteiger partial charge in [0, 0.05) is 11.6 Å². The van der Waals surface area contributed by atoms with Crippen LogP contribution in [0.25, 0.3) is 11.0 Å². The minimum atomic E-state index is -1.17. The molecule has 2 amide bonds. The quantitative estimate of drug-likeness (QED) is 0.523. The molecule has 3 aromatic rings. The molecule has 2 heterocycles. The Labute approximate surface area is 173 Å². The number of nitrogens with two attached hydrogens (primary N) is 1. The smallest absolute Gasteiger partial charge is 0.256 e. The zero-order valence-electron chi connectivity index (χ0n) is 16.6. The van der Waals surface area contributed by atoms with E-state index < -0.39 is 24.5 Å². The van der Waals surface area contributed by atoms with Crippen molar-refractivity contribution in [1.82, 2.24) is 10.3 Å². The van der Waals surface area contributed by atoms with Crippen molar-refractivity contribution >= 4 is 22.8 Å². The molecule has 1 aliphatic carbocycles. The maximum absolute atomic E-state index is 12.7. The lowest BCUT2D eigenvalue weighted by Crippen LogP contribution is -2.46. The highest BCUT2D eigenvalue weighted by Crippen LogP contribution is 2.41. The summed E-state index contributed by atoms with van der Waals surface area (Å²) in [4.78, 5) is 28.5. The summed E-state index contributed by atoms with van der Waals surface area (Å²) in [5, 5.41) is 12.2. The molecule has 156 valence electrons. The molecule has 8 nitrogen and oxygen atoms in total. The number of fused-ring (bicyclic) bond motifs is 1. The predicted molar refractivity (Wildman–Crippen MR) is 109 cm³/mol. The lowest BCUT2D eigenvalue weighted by Gasteiger charge is -2.12. The van der Waals surface area contributed by atoms with Gasteiger partial charge in [0.1, 0.15) is 29.7 Å². The normalized spacial score (nSPS) is 14.5. The minimum absolute atomic E-state index is 0.270. The molecule has 1 aromatic carbocycles. The van der Waals surface area contributed by atoms with Gasteiger partial charge in [-0.1, -0.05) is 6.07 Å². The first-order chi connectivity index (χ1) is 14.5. The molecule has 0 aliphatic heterocycles. The predicted octanol–water partition coefficient (Wildman–Crippen LogP) is 2.17. The molecular formula is C22H23N3O5. The van der Waals surface area contributed by atoms with E-state index in [1.165, 1.54) is 18.4 Å². The number of aliphatic hydroxyl groups is 1. The number of aryl methyl sites for hydroxylation is 1. The van der Waals surface area contributed by atoms with Crippen LogP contribution in [0.4, 0.5) is 0 Å². The van der Waals surface area contributed by atoms with Crippen molar-refractivity contribution in [2.45, 2.75) is 38.3 Å². The van der Waals surface area contributed by atoms with Gasteiger partial charge in [0.2, 0.25) is 5.91 Å². The summed E-state index contributed by atoms with van der Waals surface area (Å²) in [5.41, 5.74) is 8.11. The standard InChI is InChI=1S/C22H23N3O5/c1-12-20(22(28)25-17(10-26)21(23)27)16-9-14(6-7-19(16)30-12)29-11-18-15(13-4-5-13)3-2-8-24-18/h2-3,6-9,13,17,26H,4-5,10-11H2,1H3,(H2,23,27)(H,25,28). The van der Waals surface area contributed by atoms with Crippen LogP contribution in [0.1, 0.15) is 46.1 Å². The number of hydrogen-bond acceptors (Lipinski definition) is 6. The second kappa shape index (κ2) is 8.16. The first kappa shape index (κ1) is 19.9. The van der Waals surface area contributed by atoms with E-state index >= 15 is 0 Å². The van der Waals surface area contributed by atoms with E-state index in [0.29, 0.717) is 35.0 Å². The summed E-state index contributed by atoms with van der Waals surface area (Å²) in [6, 6.07) is 8.07. The Kier molecular flexibility index (Phi) is 5.41. The maximum Gasteiger partial charge on any atom is 0.256 e. The third-order valence-corrected chi connectivity index (χ3v) is 5.21. The van der Waals surface area contributed by atoms with E-state index in [1.54, 1.807) is 31.3 Å². The molecule has 2 aromatic heterocycles. The molecule has 4 N–H and O–H groups in total. The number of carbonyl (C=O) groups is 2. The third kappa shape index (κ3) is 3.99. The Morgan fingerprint density at radius 3 is 2.87 bits per heavy atom. The number of furan rings is 1. The van der Waals surface area contributed by atoms with Gasteiger partial charge in [-0.05, 0) is 55.5 Å². The number of carbonyl (C=O) groups excluding carboxylic acids is 2. The van der Waals surface area contributed by atoms with E-state index in [0.717, 1.165) is 5.69 Å². The highest BCUT2D eigenvalue weighted by molar-refractivity contribution is 6.08. The van der Waals surface area contributed by atoms with E-state index in [9.17, 15) is 14.7 Å². The van der Waals surface area contributed by atoms with E-state index in [2.05, 4.69) is 16.4 Å². The largest absolute Gasteiger partial charge is 0.487 e. The highest BCUT2D eigenvalue weighted by Gasteiger charge is 2.27. The summed E-state index contributed by atoms with van der Waals surface area (Å²) in [5.74, 6) is 0.153. The summed E-state index contributed by atoms with van der Waals surface area (Å²) >= 11 is 0. The lowest BCUT2D eigenvalue weighted by atomic mass is 10.1. The fraction of sp³-hybridized carbons (Fsp3) is 0.318. The van der Waals surface area contributed by atoms with E-state index in [-0.39, 0.29) is 5.56 Å². The van der Waals surface area contributed by atoms with Crippen LogP contribution in [0, 0.1) is 6.92 Å². The Morgan fingerprint density at radius 2 is 2.17 bits per heavy atom. The molecule has 1 aliphatic rings. The first-order valence-electron chi connectivity index (χ1n) is 9.78. The molecule has 0 radical (unpaired) electrons. The Balaban J connectivity index is 1.57. The Bertz CT molecular complexity index is 1100. The topological polar surface area (TPSA) is 128 Å². The highest BCUT2D eigenvalue weighted by atomic mass is 16.5.